The predicted molar refractivity (Wildman–Crippen MR) is 60.0 cm³/mol. The van der Waals surface area contributed by atoms with E-state index < -0.39 is 0 Å². The molecule has 1 fully saturated rings. The summed E-state index contributed by atoms with van der Waals surface area (Å²) in [5, 5.41) is 3.47. The normalized spacial score (nSPS) is 17.7. The molecule has 1 atom stereocenters. The fourth-order valence-corrected chi connectivity index (χ4v) is 1.83. The molecule has 82 valence electrons. The van der Waals surface area contributed by atoms with E-state index in [4.69, 9.17) is 0 Å². The van der Waals surface area contributed by atoms with Crippen LogP contribution in [-0.2, 0) is 6.54 Å². The third-order valence-corrected chi connectivity index (χ3v) is 2.95. The topological polar surface area (TPSA) is 12.0 Å². The molecule has 1 N–H and O–H groups in total. The Labute approximate surface area is 90.7 Å². The fraction of sp³-hybridized carbons (Fsp3) is 0.538. The van der Waals surface area contributed by atoms with Crippen molar-refractivity contribution in [3.8, 4) is 0 Å². The molecule has 0 bridgehead atoms. The Kier molecular flexibility index (Phi) is 3.37. The molecule has 1 unspecified atom stereocenters. The van der Waals surface area contributed by atoms with Crippen molar-refractivity contribution in [2.45, 2.75) is 38.8 Å². The molecular weight excluding hydrogens is 189 g/mol. The standard InChI is InChI=1S/C13H18FN/c1-10(8-11-2-3-11)15-9-12-4-6-13(14)7-5-12/h4-7,10-11,15H,2-3,8-9H2,1H3. The highest BCUT2D eigenvalue weighted by Crippen LogP contribution is 2.33. The zero-order chi connectivity index (χ0) is 10.7. The van der Waals surface area contributed by atoms with Crippen LogP contribution in [0.2, 0.25) is 0 Å². The molecule has 2 rings (SSSR count). The van der Waals surface area contributed by atoms with Crippen LogP contribution in [0.4, 0.5) is 4.39 Å². The van der Waals surface area contributed by atoms with Crippen LogP contribution in [0.25, 0.3) is 0 Å². The summed E-state index contributed by atoms with van der Waals surface area (Å²) in [5.41, 5.74) is 1.15. The molecule has 0 amide bonds. The smallest absolute Gasteiger partial charge is 0.123 e. The van der Waals surface area contributed by atoms with E-state index in [-0.39, 0.29) is 5.82 Å². The second kappa shape index (κ2) is 4.75. The van der Waals surface area contributed by atoms with Gasteiger partial charge in [0, 0.05) is 12.6 Å². The molecule has 1 aromatic carbocycles. The van der Waals surface area contributed by atoms with Gasteiger partial charge < -0.3 is 5.32 Å². The van der Waals surface area contributed by atoms with Gasteiger partial charge in [-0.05, 0) is 37.0 Å². The summed E-state index contributed by atoms with van der Waals surface area (Å²) in [6, 6.07) is 7.28. The lowest BCUT2D eigenvalue weighted by molar-refractivity contribution is 0.487. The van der Waals surface area contributed by atoms with Crippen molar-refractivity contribution in [3.05, 3.63) is 35.6 Å². The van der Waals surface area contributed by atoms with Gasteiger partial charge in [-0.2, -0.15) is 0 Å². The maximum absolute atomic E-state index is 12.6. The number of benzene rings is 1. The minimum absolute atomic E-state index is 0.162. The summed E-state index contributed by atoms with van der Waals surface area (Å²) in [6.07, 6.45) is 4.09. The molecule has 0 aliphatic heterocycles. The average molecular weight is 207 g/mol. The van der Waals surface area contributed by atoms with Crippen molar-refractivity contribution < 1.29 is 4.39 Å². The Bertz CT molecular complexity index is 303. The van der Waals surface area contributed by atoms with Gasteiger partial charge in [0.25, 0.3) is 0 Å². The Balaban J connectivity index is 1.74. The van der Waals surface area contributed by atoms with Crippen molar-refractivity contribution in [1.29, 1.82) is 0 Å². The van der Waals surface area contributed by atoms with Gasteiger partial charge in [-0.1, -0.05) is 25.0 Å². The summed E-state index contributed by atoms with van der Waals surface area (Å²) in [4.78, 5) is 0. The second-order valence-corrected chi connectivity index (χ2v) is 4.59. The zero-order valence-electron chi connectivity index (χ0n) is 9.17. The predicted octanol–water partition coefficient (Wildman–Crippen LogP) is 3.10. The molecule has 0 heterocycles. The van der Waals surface area contributed by atoms with Gasteiger partial charge >= 0.3 is 0 Å². The van der Waals surface area contributed by atoms with Gasteiger partial charge in [-0.25, -0.2) is 4.39 Å². The number of hydrogen-bond donors (Lipinski definition) is 1. The minimum Gasteiger partial charge on any atom is -0.310 e. The lowest BCUT2D eigenvalue weighted by Crippen LogP contribution is -2.25. The highest BCUT2D eigenvalue weighted by atomic mass is 19.1. The number of halogens is 1. The van der Waals surface area contributed by atoms with E-state index in [1.54, 1.807) is 0 Å². The quantitative estimate of drug-likeness (QED) is 0.782. The maximum atomic E-state index is 12.6. The SMILES string of the molecule is CC(CC1CC1)NCc1ccc(F)cc1. The summed E-state index contributed by atoms with van der Waals surface area (Å²) >= 11 is 0. The van der Waals surface area contributed by atoms with Gasteiger partial charge in [0.2, 0.25) is 0 Å². The summed E-state index contributed by atoms with van der Waals surface area (Å²) < 4.78 is 12.6. The highest BCUT2D eigenvalue weighted by molar-refractivity contribution is 5.15. The number of rotatable bonds is 5. The molecule has 0 saturated heterocycles. The van der Waals surface area contributed by atoms with Crippen LogP contribution in [-0.4, -0.2) is 6.04 Å². The summed E-state index contributed by atoms with van der Waals surface area (Å²) in [5.74, 6) is 0.797. The Hall–Kier alpha value is -0.890. The molecule has 1 saturated carbocycles. The molecule has 0 radical (unpaired) electrons. The Morgan fingerprint density at radius 1 is 1.33 bits per heavy atom. The molecule has 1 nitrogen and oxygen atoms in total. The maximum Gasteiger partial charge on any atom is 0.123 e. The average Bonchev–Trinajstić information content (AvgIpc) is 3.01. The minimum atomic E-state index is -0.162. The molecule has 2 heteroatoms. The van der Waals surface area contributed by atoms with Crippen LogP contribution in [0.15, 0.2) is 24.3 Å². The first kappa shape index (κ1) is 10.6. The van der Waals surface area contributed by atoms with Crippen LogP contribution < -0.4 is 5.32 Å². The third kappa shape index (κ3) is 3.63. The van der Waals surface area contributed by atoms with Crippen LogP contribution in [0, 0.1) is 11.7 Å². The molecule has 0 aromatic heterocycles. The van der Waals surface area contributed by atoms with E-state index in [9.17, 15) is 4.39 Å². The van der Waals surface area contributed by atoms with Crippen molar-refractivity contribution in [3.63, 3.8) is 0 Å². The molecule has 0 spiro atoms. The Morgan fingerprint density at radius 2 is 2.00 bits per heavy atom. The van der Waals surface area contributed by atoms with Crippen LogP contribution in [0.5, 0.6) is 0 Å². The summed E-state index contributed by atoms with van der Waals surface area (Å²) in [7, 11) is 0. The summed E-state index contributed by atoms with van der Waals surface area (Å²) in [6.45, 7) is 3.07. The molecule has 1 aliphatic rings. The third-order valence-electron chi connectivity index (χ3n) is 2.95. The van der Waals surface area contributed by atoms with Gasteiger partial charge in [0.05, 0.1) is 0 Å². The van der Waals surface area contributed by atoms with Crippen LogP contribution in [0.1, 0.15) is 31.7 Å². The first-order valence-electron chi connectivity index (χ1n) is 5.72. The first-order valence-corrected chi connectivity index (χ1v) is 5.72. The van der Waals surface area contributed by atoms with Gasteiger partial charge in [0.1, 0.15) is 5.82 Å². The van der Waals surface area contributed by atoms with Gasteiger partial charge in [-0.15, -0.1) is 0 Å². The second-order valence-electron chi connectivity index (χ2n) is 4.59. The number of nitrogens with one attached hydrogen (secondary N) is 1. The van der Waals surface area contributed by atoms with E-state index in [0.717, 1.165) is 18.0 Å². The molecule has 1 aromatic rings. The first-order chi connectivity index (χ1) is 7.24. The highest BCUT2D eigenvalue weighted by Gasteiger charge is 2.23. The Morgan fingerprint density at radius 3 is 2.60 bits per heavy atom. The van der Waals surface area contributed by atoms with Gasteiger partial charge in [-0.3, -0.25) is 0 Å². The monoisotopic (exact) mass is 207 g/mol. The van der Waals surface area contributed by atoms with Crippen molar-refractivity contribution in [2.24, 2.45) is 5.92 Å². The largest absolute Gasteiger partial charge is 0.310 e. The number of hydrogen-bond acceptors (Lipinski definition) is 1. The molecule has 15 heavy (non-hydrogen) atoms. The van der Waals surface area contributed by atoms with Crippen LogP contribution in [0.3, 0.4) is 0 Å². The fourth-order valence-electron chi connectivity index (χ4n) is 1.83. The van der Waals surface area contributed by atoms with E-state index in [1.165, 1.54) is 31.4 Å². The van der Waals surface area contributed by atoms with E-state index in [1.807, 2.05) is 12.1 Å². The lowest BCUT2D eigenvalue weighted by atomic mass is 10.1. The van der Waals surface area contributed by atoms with Crippen molar-refractivity contribution in [1.82, 2.24) is 5.32 Å². The van der Waals surface area contributed by atoms with Crippen molar-refractivity contribution in [2.75, 3.05) is 0 Å². The molecule has 1 aliphatic carbocycles. The zero-order valence-corrected chi connectivity index (χ0v) is 9.17. The van der Waals surface area contributed by atoms with E-state index in [2.05, 4.69) is 12.2 Å². The van der Waals surface area contributed by atoms with Gasteiger partial charge in [0.15, 0.2) is 0 Å². The van der Waals surface area contributed by atoms with Crippen LogP contribution >= 0.6 is 0 Å². The van der Waals surface area contributed by atoms with E-state index >= 15 is 0 Å². The lowest BCUT2D eigenvalue weighted by Gasteiger charge is -2.13. The van der Waals surface area contributed by atoms with E-state index in [0.29, 0.717) is 6.04 Å². The molecular formula is C13H18FN. The van der Waals surface area contributed by atoms with Crippen molar-refractivity contribution >= 4 is 0 Å².